The van der Waals surface area contributed by atoms with Gasteiger partial charge in [0.05, 0.1) is 11.4 Å². The van der Waals surface area contributed by atoms with Gasteiger partial charge in [-0.3, -0.25) is 4.79 Å². The van der Waals surface area contributed by atoms with Crippen LogP contribution >= 0.6 is 11.8 Å². The molecular weight excluding hydrogens is 358 g/mol. The number of tetrazole rings is 1. The minimum atomic E-state index is 0.0585. The van der Waals surface area contributed by atoms with Gasteiger partial charge in [0.25, 0.3) is 0 Å². The second-order valence-corrected chi connectivity index (χ2v) is 8.31. The second kappa shape index (κ2) is 9.88. The Morgan fingerprint density at radius 3 is 2.78 bits per heavy atom. The van der Waals surface area contributed by atoms with E-state index in [9.17, 15) is 4.79 Å². The van der Waals surface area contributed by atoms with Gasteiger partial charge in [0, 0.05) is 6.04 Å². The van der Waals surface area contributed by atoms with Crippen LogP contribution in [0.1, 0.15) is 57.9 Å². The van der Waals surface area contributed by atoms with Crippen LogP contribution in [0.3, 0.4) is 0 Å². The predicted molar refractivity (Wildman–Crippen MR) is 108 cm³/mol. The Kier molecular flexibility index (Phi) is 7.26. The molecule has 7 heteroatoms. The Hall–Kier alpha value is -1.89. The number of aromatic nitrogens is 4. The molecule has 0 bridgehead atoms. The minimum Gasteiger partial charge on any atom is -0.352 e. The average molecular weight is 388 g/mol. The summed E-state index contributed by atoms with van der Waals surface area (Å²) in [6.45, 7) is 4.42. The highest BCUT2D eigenvalue weighted by atomic mass is 32.2. The summed E-state index contributed by atoms with van der Waals surface area (Å²) in [5, 5.41) is 15.8. The molecule has 27 heavy (non-hydrogen) atoms. The molecular formula is C20H29N5OS. The van der Waals surface area contributed by atoms with E-state index in [1.165, 1.54) is 49.4 Å². The first-order valence-corrected chi connectivity index (χ1v) is 11.0. The van der Waals surface area contributed by atoms with Crippen molar-refractivity contribution < 1.29 is 4.79 Å². The molecule has 1 aromatic heterocycles. The van der Waals surface area contributed by atoms with Crippen molar-refractivity contribution in [1.82, 2.24) is 25.5 Å². The second-order valence-electron chi connectivity index (χ2n) is 7.37. The van der Waals surface area contributed by atoms with Gasteiger partial charge in [0.15, 0.2) is 0 Å². The molecule has 0 radical (unpaired) electrons. The number of nitrogens with zero attached hydrogens (tertiary/aromatic N) is 4. The highest BCUT2D eigenvalue weighted by Crippen LogP contribution is 2.24. The molecule has 1 N–H and O–H groups in total. The zero-order chi connectivity index (χ0) is 19.1. The van der Waals surface area contributed by atoms with Crippen LogP contribution in [0.4, 0.5) is 0 Å². The van der Waals surface area contributed by atoms with Crippen molar-refractivity contribution in [3.63, 3.8) is 0 Å². The summed E-state index contributed by atoms with van der Waals surface area (Å²) in [4.78, 5) is 12.3. The third-order valence-electron chi connectivity index (χ3n) is 5.23. The summed E-state index contributed by atoms with van der Waals surface area (Å²) >= 11 is 1.38. The summed E-state index contributed by atoms with van der Waals surface area (Å²) in [6, 6.07) is 8.62. The largest absolute Gasteiger partial charge is 0.352 e. The molecule has 2 aromatic rings. The van der Waals surface area contributed by atoms with Crippen molar-refractivity contribution >= 4 is 17.7 Å². The van der Waals surface area contributed by atoms with Crippen LogP contribution in [0.2, 0.25) is 0 Å². The number of hydrogen-bond donors (Lipinski definition) is 1. The Morgan fingerprint density at radius 1 is 1.26 bits per heavy atom. The first kappa shape index (κ1) is 19.9. The van der Waals surface area contributed by atoms with E-state index in [1.54, 1.807) is 4.68 Å². The monoisotopic (exact) mass is 387 g/mol. The fraction of sp³-hybridized carbons (Fsp3) is 0.600. The lowest BCUT2D eigenvalue weighted by atomic mass is 9.86. The molecule has 1 aromatic carbocycles. The average Bonchev–Trinajstić information content (AvgIpc) is 3.15. The first-order chi connectivity index (χ1) is 13.2. The molecule has 1 saturated carbocycles. The molecule has 1 amide bonds. The van der Waals surface area contributed by atoms with E-state index >= 15 is 0 Å². The lowest BCUT2D eigenvalue weighted by molar-refractivity contribution is -0.119. The van der Waals surface area contributed by atoms with Crippen molar-refractivity contribution in [2.45, 2.75) is 70.0 Å². The van der Waals surface area contributed by atoms with E-state index < -0.39 is 0 Å². The topological polar surface area (TPSA) is 72.7 Å². The van der Waals surface area contributed by atoms with E-state index in [1.807, 2.05) is 12.1 Å². The van der Waals surface area contributed by atoms with Gasteiger partial charge in [-0.1, -0.05) is 57.0 Å². The van der Waals surface area contributed by atoms with Gasteiger partial charge in [-0.2, -0.15) is 4.68 Å². The molecule has 1 fully saturated rings. The van der Waals surface area contributed by atoms with E-state index in [4.69, 9.17) is 0 Å². The van der Waals surface area contributed by atoms with Gasteiger partial charge in [-0.25, -0.2) is 0 Å². The number of rotatable bonds is 8. The van der Waals surface area contributed by atoms with Gasteiger partial charge < -0.3 is 5.32 Å². The lowest BCUT2D eigenvalue weighted by Gasteiger charge is -2.29. The molecule has 2 atom stereocenters. The lowest BCUT2D eigenvalue weighted by Crippen LogP contribution is -2.41. The van der Waals surface area contributed by atoms with Crippen LogP contribution in [-0.2, 0) is 11.2 Å². The Labute approximate surface area is 165 Å². The standard InChI is InChI=1S/C20H29N5OS/c1-3-4-8-16-10-12-17(13-11-16)25-20(22-23-24-25)27-14-19(26)21-18-9-6-5-7-15(18)2/h10-13,15,18H,3-9,14H2,1-2H3,(H,21,26)/t15-,18-/m0/s1. The van der Waals surface area contributed by atoms with Crippen LogP contribution in [0.15, 0.2) is 29.4 Å². The number of hydrogen-bond acceptors (Lipinski definition) is 5. The Bertz CT molecular complexity index is 730. The van der Waals surface area contributed by atoms with Crippen LogP contribution < -0.4 is 5.32 Å². The van der Waals surface area contributed by atoms with Crippen LogP contribution in [0, 0.1) is 5.92 Å². The highest BCUT2D eigenvalue weighted by Gasteiger charge is 2.23. The van der Waals surface area contributed by atoms with Crippen LogP contribution in [0.5, 0.6) is 0 Å². The third kappa shape index (κ3) is 5.54. The number of carbonyl (C=O) groups excluding carboxylic acids is 1. The van der Waals surface area contributed by atoms with E-state index in [-0.39, 0.29) is 5.91 Å². The maximum absolute atomic E-state index is 12.3. The number of thioether (sulfide) groups is 1. The van der Waals surface area contributed by atoms with E-state index in [0.717, 1.165) is 18.5 Å². The zero-order valence-corrected chi connectivity index (χ0v) is 17.0. The normalized spacial score (nSPS) is 19.8. The van der Waals surface area contributed by atoms with E-state index in [0.29, 0.717) is 22.9 Å². The summed E-state index contributed by atoms with van der Waals surface area (Å²) in [6.07, 6.45) is 8.23. The molecule has 1 heterocycles. The first-order valence-electron chi connectivity index (χ1n) is 9.97. The molecule has 0 saturated heterocycles. The molecule has 6 nitrogen and oxygen atoms in total. The number of nitrogens with one attached hydrogen (secondary N) is 1. The van der Waals surface area contributed by atoms with Crippen molar-refractivity contribution in [2.75, 3.05) is 5.75 Å². The fourth-order valence-electron chi connectivity index (χ4n) is 3.52. The Balaban J connectivity index is 1.56. The molecule has 0 aliphatic heterocycles. The number of aryl methyl sites for hydroxylation is 1. The number of carbonyl (C=O) groups is 1. The molecule has 0 unspecified atom stereocenters. The van der Waals surface area contributed by atoms with Crippen LogP contribution in [-0.4, -0.2) is 37.9 Å². The van der Waals surface area contributed by atoms with Gasteiger partial charge in [0.1, 0.15) is 0 Å². The molecule has 0 spiro atoms. The minimum absolute atomic E-state index is 0.0585. The predicted octanol–water partition coefficient (Wildman–Crippen LogP) is 3.79. The smallest absolute Gasteiger partial charge is 0.230 e. The SMILES string of the molecule is CCCCc1ccc(-n2nnnc2SCC(=O)N[C@H]2CCCC[C@@H]2C)cc1. The molecule has 146 valence electrons. The maximum atomic E-state index is 12.3. The van der Waals surface area contributed by atoms with Crippen molar-refractivity contribution in [2.24, 2.45) is 5.92 Å². The van der Waals surface area contributed by atoms with Crippen LogP contribution in [0.25, 0.3) is 5.69 Å². The van der Waals surface area contributed by atoms with Gasteiger partial charge in [-0.15, -0.1) is 5.10 Å². The van der Waals surface area contributed by atoms with E-state index in [2.05, 4.69) is 46.8 Å². The van der Waals surface area contributed by atoms with Gasteiger partial charge in [-0.05, 0) is 59.7 Å². The Morgan fingerprint density at radius 2 is 2.04 bits per heavy atom. The van der Waals surface area contributed by atoms with Crippen molar-refractivity contribution in [1.29, 1.82) is 0 Å². The number of benzene rings is 1. The van der Waals surface area contributed by atoms with Gasteiger partial charge >= 0.3 is 0 Å². The quantitative estimate of drug-likeness (QED) is 0.698. The number of amides is 1. The van der Waals surface area contributed by atoms with Crippen molar-refractivity contribution in [3.05, 3.63) is 29.8 Å². The molecule has 1 aliphatic rings. The summed E-state index contributed by atoms with van der Waals surface area (Å²) in [5.41, 5.74) is 2.24. The molecule has 3 rings (SSSR count). The maximum Gasteiger partial charge on any atom is 0.230 e. The summed E-state index contributed by atoms with van der Waals surface area (Å²) in [5.74, 6) is 0.950. The summed E-state index contributed by atoms with van der Waals surface area (Å²) < 4.78 is 1.70. The third-order valence-corrected chi connectivity index (χ3v) is 6.15. The van der Waals surface area contributed by atoms with Gasteiger partial charge in [0.2, 0.25) is 11.1 Å². The highest BCUT2D eigenvalue weighted by molar-refractivity contribution is 7.99. The zero-order valence-electron chi connectivity index (χ0n) is 16.2. The molecule has 1 aliphatic carbocycles. The fourth-order valence-corrected chi connectivity index (χ4v) is 4.23. The van der Waals surface area contributed by atoms with Crippen molar-refractivity contribution in [3.8, 4) is 5.69 Å². The summed E-state index contributed by atoms with van der Waals surface area (Å²) in [7, 11) is 0. The number of unbranched alkanes of at least 4 members (excludes halogenated alkanes) is 1.